The number of esters is 1. The summed E-state index contributed by atoms with van der Waals surface area (Å²) in [6, 6.07) is 23.3. The lowest BCUT2D eigenvalue weighted by Gasteiger charge is -2.39. The molecule has 3 unspecified atom stereocenters. The van der Waals surface area contributed by atoms with Gasteiger partial charge in [0.1, 0.15) is 18.1 Å². The maximum atomic E-state index is 13.9. The van der Waals surface area contributed by atoms with E-state index in [0.29, 0.717) is 35.8 Å². The van der Waals surface area contributed by atoms with Gasteiger partial charge in [-0.15, -0.1) is 0 Å². The Morgan fingerprint density at radius 2 is 1.63 bits per heavy atom. The van der Waals surface area contributed by atoms with E-state index in [4.69, 9.17) is 18.9 Å². The number of ether oxygens (including phenoxy) is 4. The van der Waals surface area contributed by atoms with Gasteiger partial charge in [-0.25, -0.2) is 4.79 Å². The van der Waals surface area contributed by atoms with Crippen molar-refractivity contribution in [3.05, 3.63) is 113 Å². The number of hydrogen-bond donors (Lipinski definition) is 1. The van der Waals surface area contributed by atoms with Gasteiger partial charge in [-0.3, -0.25) is 4.79 Å². The maximum Gasteiger partial charge on any atom is 0.336 e. The fourth-order valence-corrected chi connectivity index (χ4v) is 5.71. The molecule has 7 heteroatoms. The minimum atomic E-state index is -0.562. The minimum Gasteiger partial charge on any atom is -0.497 e. The van der Waals surface area contributed by atoms with Gasteiger partial charge < -0.3 is 24.3 Å². The first-order valence-corrected chi connectivity index (χ1v) is 13.8. The summed E-state index contributed by atoms with van der Waals surface area (Å²) in [4.78, 5) is 27.2. The number of ketones is 1. The molecule has 0 bridgehead atoms. The molecule has 0 aromatic heterocycles. The van der Waals surface area contributed by atoms with Crippen LogP contribution in [0.25, 0.3) is 0 Å². The van der Waals surface area contributed by atoms with Crippen LogP contribution in [0.4, 0.5) is 0 Å². The van der Waals surface area contributed by atoms with Gasteiger partial charge in [-0.1, -0.05) is 54.6 Å². The van der Waals surface area contributed by atoms with Crippen molar-refractivity contribution in [3.8, 4) is 17.2 Å². The molecular formula is C34H35NO6. The first kappa shape index (κ1) is 28.0. The van der Waals surface area contributed by atoms with Gasteiger partial charge in [0.15, 0.2) is 11.5 Å². The van der Waals surface area contributed by atoms with Crippen LogP contribution in [0.15, 0.2) is 95.8 Å². The van der Waals surface area contributed by atoms with Gasteiger partial charge in [-0.2, -0.15) is 0 Å². The number of methoxy groups -OCH3 is 2. The fourth-order valence-electron chi connectivity index (χ4n) is 5.71. The average Bonchev–Trinajstić information content (AvgIpc) is 2.99. The van der Waals surface area contributed by atoms with Gasteiger partial charge in [0.25, 0.3) is 0 Å². The second kappa shape index (κ2) is 12.3. The summed E-state index contributed by atoms with van der Waals surface area (Å²) in [5, 5.41) is 3.38. The SMILES string of the molecule is CCOC(=O)C1=C(C)NC2=CC(c3ccc(OC)cc3)CC(=O)C2C1c1ccc(OCc2ccccc2)c(OC)c1. The van der Waals surface area contributed by atoms with Gasteiger partial charge >= 0.3 is 5.97 Å². The lowest BCUT2D eigenvalue weighted by molar-refractivity contribution is -0.139. The average molecular weight is 554 g/mol. The third-order valence-corrected chi connectivity index (χ3v) is 7.69. The van der Waals surface area contributed by atoms with E-state index in [1.807, 2.05) is 79.7 Å². The molecule has 0 radical (unpaired) electrons. The summed E-state index contributed by atoms with van der Waals surface area (Å²) in [6.45, 7) is 4.25. The highest BCUT2D eigenvalue weighted by atomic mass is 16.5. The summed E-state index contributed by atoms with van der Waals surface area (Å²) in [5.74, 6) is 0.304. The Hall–Kier alpha value is -4.52. The molecule has 0 saturated carbocycles. The van der Waals surface area contributed by atoms with E-state index in [1.54, 1.807) is 21.1 Å². The summed E-state index contributed by atoms with van der Waals surface area (Å²) in [6.07, 6.45) is 2.43. The molecule has 2 aliphatic rings. The van der Waals surface area contributed by atoms with E-state index in [2.05, 4.69) is 11.4 Å². The van der Waals surface area contributed by atoms with Crippen LogP contribution in [-0.2, 0) is 20.9 Å². The zero-order valence-corrected chi connectivity index (χ0v) is 23.8. The lowest BCUT2D eigenvalue weighted by atomic mass is 9.68. The molecule has 1 N–H and O–H groups in total. The Morgan fingerprint density at radius 1 is 0.902 bits per heavy atom. The smallest absolute Gasteiger partial charge is 0.336 e. The molecule has 7 nitrogen and oxygen atoms in total. The second-order valence-corrected chi connectivity index (χ2v) is 10.2. The monoisotopic (exact) mass is 553 g/mol. The highest BCUT2D eigenvalue weighted by Crippen LogP contribution is 2.47. The van der Waals surface area contributed by atoms with E-state index in [-0.39, 0.29) is 18.3 Å². The standard InChI is InChI=1S/C34H35NO6/c1-5-40-34(37)31-21(2)35-27-17-25(23-11-14-26(38-3)15-12-23)18-28(36)33(27)32(31)24-13-16-29(30(19-24)39-4)41-20-22-9-7-6-8-10-22/h6-17,19,25,32-33,35H,5,18,20H2,1-4H3. The maximum absolute atomic E-state index is 13.9. The predicted octanol–water partition coefficient (Wildman–Crippen LogP) is 6.06. The van der Waals surface area contributed by atoms with Crippen molar-refractivity contribution in [2.24, 2.45) is 5.92 Å². The molecule has 0 fully saturated rings. The van der Waals surface area contributed by atoms with Crippen molar-refractivity contribution >= 4 is 11.8 Å². The van der Waals surface area contributed by atoms with Crippen LogP contribution in [0.3, 0.4) is 0 Å². The molecular weight excluding hydrogens is 518 g/mol. The number of hydrogen-bond acceptors (Lipinski definition) is 7. The van der Waals surface area contributed by atoms with Gasteiger partial charge in [0.05, 0.1) is 32.3 Å². The van der Waals surface area contributed by atoms with Crippen molar-refractivity contribution in [2.75, 3.05) is 20.8 Å². The zero-order chi connectivity index (χ0) is 28.9. The molecule has 1 aliphatic heterocycles. The van der Waals surface area contributed by atoms with Crippen molar-refractivity contribution in [1.29, 1.82) is 0 Å². The number of Topliss-reactive ketones (excluding diaryl/α,β-unsaturated/α-hetero) is 1. The van der Waals surface area contributed by atoms with E-state index < -0.39 is 17.8 Å². The third-order valence-electron chi connectivity index (χ3n) is 7.69. The predicted molar refractivity (Wildman–Crippen MR) is 156 cm³/mol. The van der Waals surface area contributed by atoms with Crippen LogP contribution >= 0.6 is 0 Å². The molecule has 0 spiro atoms. The Labute approximate surface area is 240 Å². The first-order chi connectivity index (χ1) is 19.9. The number of fused-ring (bicyclic) bond motifs is 1. The Kier molecular flexibility index (Phi) is 8.43. The number of carbonyl (C=O) groups is 2. The Balaban J connectivity index is 1.53. The summed E-state index contributed by atoms with van der Waals surface area (Å²) < 4.78 is 22.5. The number of nitrogens with one attached hydrogen (secondary N) is 1. The quantitative estimate of drug-likeness (QED) is 0.322. The van der Waals surface area contributed by atoms with Crippen molar-refractivity contribution in [2.45, 2.75) is 38.7 Å². The van der Waals surface area contributed by atoms with Crippen LogP contribution < -0.4 is 19.5 Å². The van der Waals surface area contributed by atoms with E-state index >= 15 is 0 Å². The molecule has 3 aromatic rings. The third kappa shape index (κ3) is 5.85. The molecule has 3 aromatic carbocycles. The normalized spacial score (nSPS) is 20.0. The minimum absolute atomic E-state index is 0.0542. The molecule has 1 heterocycles. The van der Waals surface area contributed by atoms with Crippen LogP contribution in [0.1, 0.15) is 48.8 Å². The molecule has 0 saturated heterocycles. The molecule has 0 amide bonds. The topological polar surface area (TPSA) is 83.1 Å². The van der Waals surface area contributed by atoms with Gasteiger partial charge in [-0.05, 0) is 54.8 Å². The van der Waals surface area contributed by atoms with E-state index in [0.717, 1.165) is 28.1 Å². The highest BCUT2D eigenvalue weighted by Gasteiger charge is 2.45. The van der Waals surface area contributed by atoms with Crippen LogP contribution in [0, 0.1) is 5.92 Å². The number of carbonyl (C=O) groups excluding carboxylic acids is 2. The number of rotatable bonds is 9. The van der Waals surface area contributed by atoms with Crippen molar-refractivity contribution in [3.63, 3.8) is 0 Å². The lowest BCUT2D eigenvalue weighted by Crippen LogP contribution is -2.42. The van der Waals surface area contributed by atoms with E-state index in [9.17, 15) is 9.59 Å². The van der Waals surface area contributed by atoms with Gasteiger partial charge in [0, 0.05) is 29.7 Å². The molecule has 212 valence electrons. The molecule has 3 atom stereocenters. The zero-order valence-electron chi connectivity index (χ0n) is 23.8. The van der Waals surface area contributed by atoms with Crippen LogP contribution in [0.5, 0.6) is 17.2 Å². The molecule has 5 rings (SSSR count). The number of allylic oxidation sites excluding steroid dienone is 3. The molecule has 41 heavy (non-hydrogen) atoms. The second-order valence-electron chi connectivity index (χ2n) is 10.2. The summed E-state index contributed by atoms with van der Waals surface area (Å²) in [7, 11) is 3.21. The largest absolute Gasteiger partial charge is 0.497 e. The van der Waals surface area contributed by atoms with E-state index in [1.165, 1.54) is 0 Å². The van der Waals surface area contributed by atoms with Crippen molar-refractivity contribution in [1.82, 2.24) is 5.32 Å². The fraction of sp³-hybridized carbons (Fsp3) is 0.294. The Bertz CT molecular complexity index is 1470. The van der Waals surface area contributed by atoms with Crippen molar-refractivity contribution < 1.29 is 28.5 Å². The van der Waals surface area contributed by atoms with Crippen LogP contribution in [0.2, 0.25) is 0 Å². The molecule has 1 aliphatic carbocycles. The summed E-state index contributed by atoms with van der Waals surface area (Å²) in [5.41, 5.74) is 4.76. The summed E-state index contributed by atoms with van der Waals surface area (Å²) >= 11 is 0. The first-order valence-electron chi connectivity index (χ1n) is 13.8. The van der Waals surface area contributed by atoms with Gasteiger partial charge in [0.2, 0.25) is 0 Å². The Morgan fingerprint density at radius 3 is 2.32 bits per heavy atom. The number of benzene rings is 3. The highest BCUT2D eigenvalue weighted by molar-refractivity contribution is 5.96. The van der Waals surface area contributed by atoms with Crippen LogP contribution in [-0.4, -0.2) is 32.6 Å².